The zero-order valence-corrected chi connectivity index (χ0v) is 7.41. The molecule has 0 atom stereocenters. The number of pyridine rings is 1. The molecule has 0 amide bonds. The molecule has 1 heteroatoms. The maximum Gasteiger partial charge on any atom is 0.120 e. The normalized spacial score (nSPS) is 9.85. The number of rotatable bonds is 0. The van der Waals surface area contributed by atoms with Gasteiger partial charge in [-0.15, -0.1) is 6.42 Å². The number of terminal acetylenes is 1. The van der Waals surface area contributed by atoms with Crippen molar-refractivity contribution in [3.05, 3.63) is 41.7 Å². The summed E-state index contributed by atoms with van der Waals surface area (Å²) in [7, 11) is 0. The zero-order chi connectivity index (χ0) is 9.26. The van der Waals surface area contributed by atoms with Crippen LogP contribution in [0.4, 0.5) is 0 Å². The van der Waals surface area contributed by atoms with Gasteiger partial charge in [-0.2, -0.15) is 0 Å². The third-order valence-electron chi connectivity index (χ3n) is 2.14. The average molecular weight is 167 g/mol. The van der Waals surface area contributed by atoms with Gasteiger partial charge in [0.1, 0.15) is 5.69 Å². The molecule has 0 bridgehead atoms. The Bertz CT molecular complexity index is 487. The monoisotopic (exact) mass is 167 g/mol. The van der Waals surface area contributed by atoms with Crippen molar-refractivity contribution in [2.75, 3.05) is 0 Å². The van der Waals surface area contributed by atoms with E-state index in [0.29, 0.717) is 0 Å². The van der Waals surface area contributed by atoms with E-state index in [9.17, 15) is 0 Å². The highest BCUT2D eigenvalue weighted by molar-refractivity contribution is 5.89. The SMILES string of the molecule is C#Cc1nccc2cccc(C)c12. The molecule has 1 heterocycles. The Kier molecular flexibility index (Phi) is 1.75. The number of benzene rings is 1. The van der Waals surface area contributed by atoms with Crippen LogP contribution in [-0.2, 0) is 0 Å². The summed E-state index contributed by atoms with van der Waals surface area (Å²) in [6.07, 6.45) is 7.12. The van der Waals surface area contributed by atoms with Crippen molar-refractivity contribution in [2.45, 2.75) is 6.92 Å². The van der Waals surface area contributed by atoms with Gasteiger partial charge in [-0.1, -0.05) is 18.2 Å². The highest BCUT2D eigenvalue weighted by Gasteiger charge is 2.01. The summed E-state index contributed by atoms with van der Waals surface area (Å²) in [6.45, 7) is 2.05. The van der Waals surface area contributed by atoms with Crippen molar-refractivity contribution in [1.82, 2.24) is 4.98 Å². The van der Waals surface area contributed by atoms with Gasteiger partial charge in [0.25, 0.3) is 0 Å². The molecule has 13 heavy (non-hydrogen) atoms. The highest BCUT2D eigenvalue weighted by atomic mass is 14.7. The van der Waals surface area contributed by atoms with Gasteiger partial charge < -0.3 is 0 Å². The molecular formula is C12H9N. The first-order chi connectivity index (χ1) is 6.33. The minimum Gasteiger partial charge on any atom is -0.247 e. The van der Waals surface area contributed by atoms with Crippen LogP contribution < -0.4 is 0 Å². The van der Waals surface area contributed by atoms with Gasteiger partial charge in [-0.25, -0.2) is 4.98 Å². The Morgan fingerprint density at radius 2 is 2.15 bits per heavy atom. The first-order valence-electron chi connectivity index (χ1n) is 4.14. The van der Waals surface area contributed by atoms with E-state index in [1.807, 2.05) is 31.2 Å². The Labute approximate surface area is 77.4 Å². The second kappa shape index (κ2) is 2.91. The number of nitrogens with zero attached hydrogens (tertiary/aromatic N) is 1. The van der Waals surface area contributed by atoms with Crippen LogP contribution in [0.25, 0.3) is 10.8 Å². The Hall–Kier alpha value is -1.81. The number of hydrogen-bond acceptors (Lipinski definition) is 1. The molecule has 0 aliphatic heterocycles. The van der Waals surface area contributed by atoms with E-state index in [1.165, 1.54) is 5.56 Å². The third-order valence-corrected chi connectivity index (χ3v) is 2.14. The molecule has 0 fully saturated rings. The Morgan fingerprint density at radius 3 is 2.92 bits per heavy atom. The van der Waals surface area contributed by atoms with Crippen molar-refractivity contribution in [1.29, 1.82) is 0 Å². The summed E-state index contributed by atoms with van der Waals surface area (Å²) in [5, 5.41) is 2.25. The zero-order valence-electron chi connectivity index (χ0n) is 7.41. The lowest BCUT2D eigenvalue weighted by Gasteiger charge is -2.02. The molecule has 2 aromatic rings. The molecule has 1 aromatic heterocycles. The van der Waals surface area contributed by atoms with E-state index < -0.39 is 0 Å². The van der Waals surface area contributed by atoms with E-state index in [-0.39, 0.29) is 0 Å². The van der Waals surface area contributed by atoms with Gasteiger partial charge >= 0.3 is 0 Å². The van der Waals surface area contributed by atoms with Crippen molar-refractivity contribution in [3.8, 4) is 12.3 Å². The predicted molar refractivity (Wildman–Crippen MR) is 54.4 cm³/mol. The highest BCUT2D eigenvalue weighted by Crippen LogP contribution is 2.19. The van der Waals surface area contributed by atoms with E-state index >= 15 is 0 Å². The Balaban J connectivity index is 2.97. The summed E-state index contributed by atoms with van der Waals surface area (Å²) < 4.78 is 0. The predicted octanol–water partition coefficient (Wildman–Crippen LogP) is 2.52. The molecule has 0 spiro atoms. The van der Waals surface area contributed by atoms with Crippen LogP contribution in [0, 0.1) is 19.3 Å². The van der Waals surface area contributed by atoms with Crippen molar-refractivity contribution in [3.63, 3.8) is 0 Å². The first kappa shape index (κ1) is 7.82. The summed E-state index contributed by atoms with van der Waals surface area (Å²) in [5.41, 5.74) is 1.91. The average Bonchev–Trinajstić information content (AvgIpc) is 2.17. The maximum absolute atomic E-state index is 5.37. The van der Waals surface area contributed by atoms with Gasteiger partial charge in [0.05, 0.1) is 0 Å². The molecule has 1 nitrogen and oxygen atoms in total. The topological polar surface area (TPSA) is 12.9 Å². The van der Waals surface area contributed by atoms with Crippen LogP contribution in [0.3, 0.4) is 0 Å². The van der Waals surface area contributed by atoms with E-state index in [2.05, 4.69) is 10.9 Å². The minimum absolute atomic E-state index is 0.732. The fraction of sp³-hybridized carbons (Fsp3) is 0.0833. The lowest BCUT2D eigenvalue weighted by Crippen LogP contribution is -1.86. The third kappa shape index (κ3) is 1.17. The molecule has 0 aliphatic carbocycles. The summed E-state index contributed by atoms with van der Waals surface area (Å²) >= 11 is 0. The second-order valence-corrected chi connectivity index (χ2v) is 2.98. The number of hydrogen-bond donors (Lipinski definition) is 0. The first-order valence-corrected chi connectivity index (χ1v) is 4.14. The van der Waals surface area contributed by atoms with Gasteiger partial charge in [0, 0.05) is 11.6 Å². The number of fused-ring (bicyclic) bond motifs is 1. The summed E-state index contributed by atoms with van der Waals surface area (Å²) in [4.78, 5) is 4.15. The Morgan fingerprint density at radius 1 is 1.31 bits per heavy atom. The molecule has 2 rings (SSSR count). The van der Waals surface area contributed by atoms with Crippen LogP contribution in [0.1, 0.15) is 11.3 Å². The van der Waals surface area contributed by atoms with Crippen molar-refractivity contribution < 1.29 is 0 Å². The van der Waals surface area contributed by atoms with Gasteiger partial charge in [-0.3, -0.25) is 0 Å². The lowest BCUT2D eigenvalue weighted by molar-refractivity contribution is 1.31. The van der Waals surface area contributed by atoms with E-state index in [0.717, 1.165) is 16.5 Å². The maximum atomic E-state index is 5.37. The molecular weight excluding hydrogens is 158 g/mol. The van der Waals surface area contributed by atoms with Crippen LogP contribution in [0.15, 0.2) is 30.5 Å². The fourth-order valence-electron chi connectivity index (χ4n) is 1.52. The smallest absolute Gasteiger partial charge is 0.120 e. The molecule has 1 aromatic carbocycles. The molecule has 0 aliphatic rings. The molecule has 0 unspecified atom stereocenters. The molecule has 0 saturated carbocycles. The molecule has 0 radical (unpaired) electrons. The summed E-state index contributed by atoms with van der Waals surface area (Å²) in [5.74, 6) is 2.60. The van der Waals surface area contributed by atoms with Crippen LogP contribution in [-0.4, -0.2) is 4.98 Å². The van der Waals surface area contributed by atoms with Crippen LogP contribution in [0.5, 0.6) is 0 Å². The van der Waals surface area contributed by atoms with E-state index in [4.69, 9.17) is 6.42 Å². The quantitative estimate of drug-likeness (QED) is 0.549. The van der Waals surface area contributed by atoms with Gasteiger partial charge in [0.15, 0.2) is 0 Å². The number of aryl methyl sites for hydroxylation is 1. The van der Waals surface area contributed by atoms with Crippen molar-refractivity contribution >= 4 is 10.8 Å². The molecule has 62 valence electrons. The van der Waals surface area contributed by atoms with Crippen LogP contribution in [0.2, 0.25) is 0 Å². The van der Waals surface area contributed by atoms with Crippen LogP contribution >= 0.6 is 0 Å². The molecule has 0 N–H and O–H groups in total. The number of aromatic nitrogens is 1. The standard InChI is InChI=1S/C12H9N/c1-3-11-12-9(2)5-4-6-10(12)7-8-13-11/h1,4-8H,2H3. The summed E-state index contributed by atoms with van der Waals surface area (Å²) in [6, 6.07) is 8.09. The van der Waals surface area contributed by atoms with Crippen molar-refractivity contribution in [2.24, 2.45) is 0 Å². The second-order valence-electron chi connectivity index (χ2n) is 2.98. The largest absolute Gasteiger partial charge is 0.247 e. The minimum atomic E-state index is 0.732. The van der Waals surface area contributed by atoms with E-state index in [1.54, 1.807) is 6.20 Å². The molecule has 0 saturated heterocycles. The fourth-order valence-corrected chi connectivity index (χ4v) is 1.52. The van der Waals surface area contributed by atoms with Gasteiger partial charge in [0.2, 0.25) is 0 Å². The van der Waals surface area contributed by atoms with Gasteiger partial charge in [-0.05, 0) is 29.9 Å². The lowest BCUT2D eigenvalue weighted by atomic mass is 10.1.